The number of hydrogen-bond donors (Lipinski definition) is 3. The van der Waals surface area contributed by atoms with E-state index in [4.69, 9.17) is 63.1 Å². The summed E-state index contributed by atoms with van der Waals surface area (Å²) in [6, 6.07) is 18.1. The van der Waals surface area contributed by atoms with Crippen LogP contribution in [-0.4, -0.2) is 209 Å². The van der Waals surface area contributed by atoms with Crippen LogP contribution in [0.25, 0.3) is 44.1 Å². The van der Waals surface area contributed by atoms with Gasteiger partial charge in [0.05, 0.1) is 66.4 Å². The molecule has 2 saturated carbocycles. The zero-order chi connectivity index (χ0) is 104. The summed E-state index contributed by atoms with van der Waals surface area (Å²) in [5.41, 5.74) is 0.881. The first-order valence-corrected chi connectivity index (χ1v) is 49.2. The lowest BCUT2D eigenvalue weighted by atomic mass is 9.86. The number of Topliss-reactive ketones (excluding diaryl/α,β-unsaturated/α-hetero) is 2. The second-order valence-corrected chi connectivity index (χ2v) is 43.1. The van der Waals surface area contributed by atoms with Crippen molar-refractivity contribution in [1.82, 2.24) is 74.4 Å². The van der Waals surface area contributed by atoms with Gasteiger partial charge in [0.25, 0.3) is 11.8 Å². The molecule has 756 valence electrons. The molecule has 0 bridgehead atoms. The molecular formula is C97H109Cl3F14N16O8S2. The van der Waals surface area contributed by atoms with E-state index >= 15 is 17.6 Å². The number of ketones is 2. The van der Waals surface area contributed by atoms with E-state index in [1.165, 1.54) is 34.5 Å². The van der Waals surface area contributed by atoms with Crippen LogP contribution in [0.2, 0.25) is 15.2 Å². The molecule has 140 heavy (non-hydrogen) atoms. The van der Waals surface area contributed by atoms with Crippen molar-refractivity contribution in [3.63, 3.8) is 0 Å². The number of aromatic nitrogens is 10. The van der Waals surface area contributed by atoms with E-state index < -0.39 is 197 Å². The van der Waals surface area contributed by atoms with E-state index in [2.05, 4.69) is 69.5 Å². The quantitative estimate of drug-likeness (QED) is 0.0157. The number of benzene rings is 4. The summed E-state index contributed by atoms with van der Waals surface area (Å²) >= 11 is 19.6. The van der Waals surface area contributed by atoms with Gasteiger partial charge < -0.3 is 35.8 Å². The monoisotopic (exact) mass is 2060 g/mol. The third-order valence-electron chi connectivity index (χ3n) is 23.2. The Bertz CT molecular complexity index is 6690. The molecule has 2 fully saturated rings. The predicted molar refractivity (Wildman–Crippen MR) is 508 cm³/mol. The van der Waals surface area contributed by atoms with Crippen LogP contribution in [0.3, 0.4) is 0 Å². The van der Waals surface area contributed by atoms with Crippen LogP contribution in [0, 0.1) is 71.6 Å². The molecule has 0 radical (unpaired) electrons. The third-order valence-corrected chi connectivity index (χ3v) is 25.7. The molecule has 4 aromatic carbocycles. The number of sulfone groups is 2. The molecule has 6 heterocycles. The van der Waals surface area contributed by atoms with Crippen LogP contribution in [0.15, 0.2) is 84.9 Å². The third kappa shape index (κ3) is 28.1. The second kappa shape index (κ2) is 43.8. The van der Waals surface area contributed by atoms with Crippen molar-refractivity contribution in [2.45, 2.75) is 176 Å². The standard InChI is InChI=1S/C43H43ClF7N7O3S.C34H26Cl2F7N5O3S.C9H18N2.C7H10O2.C4H12N2/c1-41(2,52-13-14-56(3)4)12-11-27-7-8-29(30-9-10-33(44)36-34(22-62(6,60)61)54-57(5)38(30)36)37(53-27)24(15-23-16-25(45)19-26(46)17-23)18-28(59)21-58-40-35(39(55-58)43(49,50)51)31-20-32(31)42(40,47)48;1-47-30-21(3-5-24(35)28(30)25(45-47)14-52(2,50)51)20-4-6-26(36)44-29(20)16(7-15-8-17(37)11-18(38)9-15)10-19(49)13-48-32-27(31(46-48)34(41,42)43)22-12-23(22)33(32,39)40;1-6-9(2,3)10-7-8-11(4)5;1-5-7(3,4)9-6(2)8;1-6(2)4-3-5/h7-10,16-17,19,24,31-32,52H,13-15,18,20-22H2,1-6H3;3-6,8-9,11,16,22-23H,7,10,12-14H2,1-2H3;1,10H,7-8H2,2-5H3;1H,2-4H3;3-5H2,1-2H3/t24-,31+,32-;16-,22+,23-;;;/m11.../s1. The minimum atomic E-state index is -5.05. The number of nitrogens with zero attached hydrogens (tertiary/aromatic N) is 13. The van der Waals surface area contributed by atoms with Crippen molar-refractivity contribution in [3.8, 4) is 58.8 Å². The fourth-order valence-electron chi connectivity index (χ4n) is 17.0. The molecule has 0 spiro atoms. The Labute approximate surface area is 818 Å². The summed E-state index contributed by atoms with van der Waals surface area (Å²) in [5.74, 6) is -9.38. The average molecular weight is 2060 g/mol. The fourth-order valence-corrected chi connectivity index (χ4v) is 19.1. The molecule has 0 unspecified atom stereocenters. The number of aryl methyl sites for hydroxylation is 2. The van der Waals surface area contributed by atoms with E-state index in [-0.39, 0.29) is 92.0 Å². The van der Waals surface area contributed by atoms with Crippen LogP contribution < -0.4 is 16.4 Å². The Balaban J connectivity index is 0.000000231. The van der Waals surface area contributed by atoms with Gasteiger partial charge in [-0.2, -0.15) is 64.3 Å². The minimum Gasteiger partial charge on any atom is -0.447 e. The lowest BCUT2D eigenvalue weighted by Gasteiger charge is -2.22. The summed E-state index contributed by atoms with van der Waals surface area (Å²) in [5, 5.41) is 23.4. The number of halogens is 17. The Morgan fingerprint density at radius 3 is 1.28 bits per heavy atom. The van der Waals surface area contributed by atoms with Crippen molar-refractivity contribution in [3.05, 3.63) is 197 Å². The number of likely N-dealkylation sites (N-methyl/N-ethyl adjacent to an activating group) is 3. The molecule has 0 saturated heterocycles. The molecule has 4 aliphatic carbocycles. The first-order chi connectivity index (χ1) is 64.8. The van der Waals surface area contributed by atoms with Crippen molar-refractivity contribution < 1.29 is 97.4 Å². The Hall–Kier alpha value is -10.4. The highest BCUT2D eigenvalue weighted by Gasteiger charge is 2.70. The number of carbonyl (C=O) groups excluding carboxylic acids is 3. The normalized spacial score (nSPS) is 16.6. The van der Waals surface area contributed by atoms with E-state index in [0.29, 0.717) is 72.1 Å². The molecule has 10 aromatic rings. The van der Waals surface area contributed by atoms with E-state index in [9.17, 15) is 75.1 Å². The molecule has 24 nitrogen and oxygen atoms in total. The van der Waals surface area contributed by atoms with Crippen LogP contribution in [0.1, 0.15) is 171 Å². The van der Waals surface area contributed by atoms with Crippen LogP contribution in [0.5, 0.6) is 0 Å². The Morgan fingerprint density at radius 1 is 0.557 bits per heavy atom. The summed E-state index contributed by atoms with van der Waals surface area (Å²) < 4.78 is 262. The number of nitrogens with one attached hydrogen (secondary N) is 2. The van der Waals surface area contributed by atoms with E-state index in [1.54, 1.807) is 58.3 Å². The molecule has 43 heteroatoms. The molecule has 4 N–H and O–H groups in total. The number of carbonyl (C=O) groups is 3. The van der Waals surface area contributed by atoms with Gasteiger partial charge in [-0.05, 0) is 199 Å². The van der Waals surface area contributed by atoms with Crippen molar-refractivity contribution in [2.75, 3.05) is 94.1 Å². The molecule has 6 atom stereocenters. The zero-order valence-electron chi connectivity index (χ0n) is 79.9. The topological polar surface area (TPSA) is 286 Å². The van der Waals surface area contributed by atoms with Gasteiger partial charge in [-0.1, -0.05) is 64.7 Å². The van der Waals surface area contributed by atoms with Gasteiger partial charge >= 0.3 is 18.3 Å². The number of nitrogens with two attached hydrogens (primary N) is 1. The minimum absolute atomic E-state index is 0.0480. The number of hydrogen-bond acceptors (Lipinski definition) is 20. The second-order valence-electron chi connectivity index (χ2n) is 37.6. The van der Waals surface area contributed by atoms with E-state index in [0.717, 1.165) is 69.5 Å². The maximum atomic E-state index is 15.5. The molecule has 0 aliphatic heterocycles. The van der Waals surface area contributed by atoms with Crippen molar-refractivity contribution >= 4 is 93.8 Å². The van der Waals surface area contributed by atoms with Gasteiger partial charge in [-0.25, -0.2) is 44.4 Å². The Kier molecular flexibility index (Phi) is 34.9. The number of fused-ring (bicyclic) bond motifs is 8. The lowest BCUT2D eigenvalue weighted by molar-refractivity contribution is -0.149. The van der Waals surface area contributed by atoms with Crippen LogP contribution in [0.4, 0.5) is 61.5 Å². The first-order valence-electron chi connectivity index (χ1n) is 44.0. The number of rotatable bonds is 31. The largest absolute Gasteiger partial charge is 0.447 e. The number of ether oxygens (including phenoxy) is 1. The number of pyridine rings is 2. The van der Waals surface area contributed by atoms with Crippen molar-refractivity contribution in [2.24, 2.45) is 31.7 Å². The Morgan fingerprint density at radius 2 is 0.936 bits per heavy atom. The van der Waals surface area contributed by atoms with Crippen LogP contribution in [-0.2, 0) is 115 Å². The number of esters is 1. The number of terminal acetylenes is 2. The summed E-state index contributed by atoms with van der Waals surface area (Å²) in [6.07, 6.45) is 0.481. The van der Waals surface area contributed by atoms with Gasteiger partial charge in [0, 0.05) is 166 Å². The molecule has 6 aromatic heterocycles. The molecule has 4 aliphatic rings. The van der Waals surface area contributed by atoms with Crippen molar-refractivity contribution in [1.29, 1.82) is 0 Å². The zero-order valence-corrected chi connectivity index (χ0v) is 83.8. The summed E-state index contributed by atoms with van der Waals surface area (Å²) in [6.45, 7) is 15.5. The summed E-state index contributed by atoms with van der Waals surface area (Å²) in [7, 11) is 7.96. The molecule has 0 amide bonds. The summed E-state index contributed by atoms with van der Waals surface area (Å²) in [4.78, 5) is 53.8. The van der Waals surface area contributed by atoms with Crippen LogP contribution >= 0.6 is 34.8 Å². The van der Waals surface area contributed by atoms with Gasteiger partial charge in [0.15, 0.2) is 48.2 Å². The van der Waals surface area contributed by atoms with Gasteiger partial charge in [0.2, 0.25) is 0 Å². The van der Waals surface area contributed by atoms with E-state index in [1.807, 2.05) is 74.9 Å². The smallest absolute Gasteiger partial charge is 0.435 e. The highest BCUT2D eigenvalue weighted by Crippen LogP contribution is 2.70. The lowest BCUT2D eigenvalue weighted by Crippen LogP contribution is -2.41. The highest BCUT2D eigenvalue weighted by molar-refractivity contribution is 7.90. The van der Waals surface area contributed by atoms with Gasteiger partial charge in [-0.15, -0.1) is 12.8 Å². The van der Waals surface area contributed by atoms with Gasteiger partial charge in [0.1, 0.15) is 58.6 Å². The number of alkyl halides is 10. The highest BCUT2D eigenvalue weighted by atomic mass is 35.5. The molecular weight excluding hydrogens is 1950 g/mol. The molecule has 14 rings (SSSR count). The first kappa shape index (κ1) is 112. The fraction of sp³-hybridized carbons (Fsp3) is 0.474. The predicted octanol–water partition coefficient (Wildman–Crippen LogP) is 17.0. The maximum Gasteiger partial charge on any atom is 0.435 e. The maximum absolute atomic E-state index is 15.5. The average Bonchev–Trinajstić information content (AvgIpc) is 1.52. The van der Waals surface area contributed by atoms with Gasteiger partial charge in [-0.3, -0.25) is 33.1 Å². The SMILES string of the molecule is C#CC(C)(C)NCCN(C)C.C#CC(C)(C)OC(C)=O.CN(C)CCN.CN(C)CCNC(C)(C)C#Cc1ccc(-c2ccc(Cl)c3c(CS(C)(=O)=O)nn(C)c23)c([C@@H](CC(=O)Cn2nc(C(F)(F)F)c3c2C(F)(F)[C@@H]2C[C@H]32)Cc2cc(F)cc(F)c2)n1.Cn1nc(CS(C)(=O)=O)c2c(Cl)ccc(-c3ccc(Cl)nc3[C@@H](CC(=O)Cn3nc(C(F)(F)F)c4c3C(F)(F)[C@@H]3C[C@H]43)Cc3cc(F)cc(F)c3)c21.